The van der Waals surface area contributed by atoms with Crippen molar-refractivity contribution < 1.29 is 0 Å². The van der Waals surface area contributed by atoms with Gasteiger partial charge < -0.3 is 4.90 Å². The average Bonchev–Trinajstić information content (AvgIpc) is 2.44. The van der Waals surface area contributed by atoms with Gasteiger partial charge in [0.15, 0.2) is 0 Å². The molecule has 0 fully saturated rings. The monoisotopic (exact) mass is 265 g/mol. The van der Waals surface area contributed by atoms with E-state index in [0.29, 0.717) is 0 Å². The highest BCUT2D eigenvalue weighted by atomic mass is 15.1. The molecule has 0 saturated heterocycles. The van der Waals surface area contributed by atoms with Gasteiger partial charge in [-0.05, 0) is 56.7 Å². The Bertz CT molecular complexity index is 641. The summed E-state index contributed by atoms with van der Waals surface area (Å²) in [6.45, 7) is 7.79. The molecule has 0 bridgehead atoms. The van der Waals surface area contributed by atoms with E-state index in [0.717, 1.165) is 41.3 Å². The molecule has 0 aliphatic heterocycles. The second-order valence-corrected chi connectivity index (χ2v) is 4.90. The predicted octanol–water partition coefficient (Wildman–Crippen LogP) is 3.60. The van der Waals surface area contributed by atoms with E-state index in [1.165, 1.54) is 0 Å². The average molecular weight is 265 g/mol. The molecule has 0 amide bonds. The predicted molar refractivity (Wildman–Crippen MR) is 81.6 cm³/mol. The normalized spacial score (nSPS) is 10.1. The number of nitrogens with zero attached hydrogens (tertiary/aromatic N) is 3. The molecule has 3 nitrogen and oxygen atoms in total. The maximum absolute atomic E-state index is 9.00. The zero-order valence-electron chi connectivity index (χ0n) is 12.2. The third kappa shape index (κ3) is 3.16. The highest BCUT2D eigenvalue weighted by Crippen LogP contribution is 2.20. The molecule has 102 valence electrons. The first-order valence-electron chi connectivity index (χ1n) is 6.82. The number of hydrogen-bond acceptors (Lipinski definition) is 3. The fraction of sp³-hybridized carbons (Fsp3) is 0.294. The second kappa shape index (κ2) is 6.21. The molecule has 1 aromatic carbocycles. The molecule has 1 aromatic heterocycles. The van der Waals surface area contributed by atoms with Crippen LogP contribution in [0.2, 0.25) is 0 Å². The summed E-state index contributed by atoms with van der Waals surface area (Å²) in [6.07, 6.45) is 0. The van der Waals surface area contributed by atoms with Crippen LogP contribution in [-0.4, -0.2) is 11.5 Å². The largest absolute Gasteiger partial charge is 0.366 e. The van der Waals surface area contributed by atoms with Crippen molar-refractivity contribution in [3.8, 4) is 6.07 Å². The van der Waals surface area contributed by atoms with Gasteiger partial charge in [0, 0.05) is 17.9 Å². The summed E-state index contributed by atoms with van der Waals surface area (Å²) in [5, 5.41) is 9.00. The lowest BCUT2D eigenvalue weighted by atomic mass is 10.1. The van der Waals surface area contributed by atoms with Gasteiger partial charge in [-0.3, -0.25) is 4.98 Å². The Balaban J connectivity index is 2.24. The first-order valence-corrected chi connectivity index (χ1v) is 6.82. The lowest BCUT2D eigenvalue weighted by Crippen LogP contribution is -2.22. The van der Waals surface area contributed by atoms with Crippen LogP contribution in [0.1, 0.15) is 29.4 Å². The molecule has 1 heterocycles. The zero-order valence-corrected chi connectivity index (χ0v) is 12.2. The Morgan fingerprint density at radius 3 is 2.60 bits per heavy atom. The summed E-state index contributed by atoms with van der Waals surface area (Å²) < 4.78 is 0. The van der Waals surface area contributed by atoms with Gasteiger partial charge in [0.25, 0.3) is 0 Å². The Labute approximate surface area is 120 Å². The van der Waals surface area contributed by atoms with Gasteiger partial charge in [-0.15, -0.1) is 0 Å². The summed E-state index contributed by atoms with van der Waals surface area (Å²) in [7, 11) is 0. The number of anilines is 1. The van der Waals surface area contributed by atoms with Gasteiger partial charge in [-0.25, -0.2) is 0 Å². The summed E-state index contributed by atoms with van der Waals surface area (Å²) >= 11 is 0. The molecule has 0 radical (unpaired) electrons. The van der Waals surface area contributed by atoms with E-state index in [1.54, 1.807) is 0 Å². The van der Waals surface area contributed by atoms with E-state index in [-0.39, 0.29) is 0 Å². The van der Waals surface area contributed by atoms with Crippen LogP contribution in [0.25, 0.3) is 0 Å². The number of benzene rings is 1. The molecular formula is C17H19N3. The summed E-state index contributed by atoms with van der Waals surface area (Å²) in [5.74, 6) is 0. The van der Waals surface area contributed by atoms with Crippen molar-refractivity contribution in [3.05, 3.63) is 58.9 Å². The first-order chi connectivity index (χ1) is 9.63. The minimum Gasteiger partial charge on any atom is -0.366 e. The summed E-state index contributed by atoms with van der Waals surface area (Å²) in [4.78, 5) is 6.81. The van der Waals surface area contributed by atoms with Crippen molar-refractivity contribution in [2.24, 2.45) is 0 Å². The summed E-state index contributed by atoms with van der Waals surface area (Å²) in [5.41, 5.74) is 4.98. The number of pyridine rings is 1. The Morgan fingerprint density at radius 2 is 2.00 bits per heavy atom. The lowest BCUT2D eigenvalue weighted by Gasteiger charge is -2.23. The molecule has 20 heavy (non-hydrogen) atoms. The smallest absolute Gasteiger partial charge is 0.0994 e. The van der Waals surface area contributed by atoms with Gasteiger partial charge in [-0.1, -0.05) is 6.07 Å². The Kier molecular flexibility index (Phi) is 4.37. The van der Waals surface area contributed by atoms with Crippen LogP contribution >= 0.6 is 0 Å². The number of rotatable bonds is 4. The van der Waals surface area contributed by atoms with Crippen molar-refractivity contribution in [1.29, 1.82) is 5.26 Å². The lowest BCUT2D eigenvalue weighted by molar-refractivity contribution is 0.805. The molecule has 0 unspecified atom stereocenters. The first kappa shape index (κ1) is 14.1. The molecule has 0 saturated carbocycles. The maximum Gasteiger partial charge on any atom is 0.0994 e. The minimum absolute atomic E-state index is 0.735. The molecule has 2 rings (SSSR count). The molecule has 0 aliphatic carbocycles. The standard InChI is InChI=1S/C17H19N3/c1-4-20(12-16-7-5-6-14(3)19-16)17-9-8-15(11-18)13(2)10-17/h5-10H,4,12H2,1-3H3. The summed E-state index contributed by atoms with van der Waals surface area (Å²) in [6, 6.07) is 14.3. The Hall–Kier alpha value is -2.34. The topological polar surface area (TPSA) is 39.9 Å². The van der Waals surface area contributed by atoms with Gasteiger partial charge in [0.1, 0.15) is 0 Å². The second-order valence-electron chi connectivity index (χ2n) is 4.90. The quantitative estimate of drug-likeness (QED) is 0.848. The third-order valence-electron chi connectivity index (χ3n) is 3.38. The van der Waals surface area contributed by atoms with E-state index < -0.39 is 0 Å². The van der Waals surface area contributed by atoms with E-state index >= 15 is 0 Å². The number of nitriles is 1. The molecule has 0 atom stereocenters. The van der Waals surface area contributed by atoms with Crippen molar-refractivity contribution in [1.82, 2.24) is 4.98 Å². The maximum atomic E-state index is 9.00. The van der Waals surface area contributed by atoms with Crippen LogP contribution in [0.4, 0.5) is 5.69 Å². The van der Waals surface area contributed by atoms with Crippen molar-refractivity contribution in [3.63, 3.8) is 0 Å². The van der Waals surface area contributed by atoms with Crippen LogP contribution in [0.3, 0.4) is 0 Å². The van der Waals surface area contributed by atoms with Crippen LogP contribution in [0.15, 0.2) is 36.4 Å². The van der Waals surface area contributed by atoms with Crippen molar-refractivity contribution >= 4 is 5.69 Å². The van der Waals surface area contributed by atoms with Crippen LogP contribution < -0.4 is 4.90 Å². The number of aromatic nitrogens is 1. The van der Waals surface area contributed by atoms with E-state index in [2.05, 4.69) is 28.9 Å². The Morgan fingerprint density at radius 1 is 1.20 bits per heavy atom. The third-order valence-corrected chi connectivity index (χ3v) is 3.38. The highest BCUT2D eigenvalue weighted by molar-refractivity contribution is 5.53. The molecule has 0 N–H and O–H groups in total. The van der Waals surface area contributed by atoms with Crippen LogP contribution in [0.5, 0.6) is 0 Å². The van der Waals surface area contributed by atoms with Gasteiger partial charge >= 0.3 is 0 Å². The van der Waals surface area contributed by atoms with Gasteiger partial charge in [0.05, 0.1) is 23.9 Å². The SMILES string of the molecule is CCN(Cc1cccc(C)n1)c1ccc(C#N)c(C)c1. The molecule has 2 aromatic rings. The molecule has 3 heteroatoms. The molecular weight excluding hydrogens is 246 g/mol. The van der Waals surface area contributed by atoms with E-state index in [1.807, 2.05) is 44.2 Å². The van der Waals surface area contributed by atoms with Gasteiger partial charge in [0.2, 0.25) is 0 Å². The number of hydrogen-bond donors (Lipinski definition) is 0. The molecule has 0 aliphatic rings. The fourth-order valence-corrected chi connectivity index (χ4v) is 2.24. The number of aryl methyl sites for hydroxylation is 2. The molecule has 0 spiro atoms. The van der Waals surface area contributed by atoms with E-state index in [9.17, 15) is 0 Å². The van der Waals surface area contributed by atoms with Crippen LogP contribution in [0, 0.1) is 25.2 Å². The fourth-order valence-electron chi connectivity index (χ4n) is 2.24. The van der Waals surface area contributed by atoms with Crippen LogP contribution in [-0.2, 0) is 6.54 Å². The minimum atomic E-state index is 0.735. The van der Waals surface area contributed by atoms with Crippen molar-refractivity contribution in [2.45, 2.75) is 27.3 Å². The highest BCUT2D eigenvalue weighted by Gasteiger charge is 2.08. The zero-order chi connectivity index (χ0) is 14.5. The van der Waals surface area contributed by atoms with Crippen molar-refractivity contribution in [2.75, 3.05) is 11.4 Å². The van der Waals surface area contributed by atoms with E-state index in [4.69, 9.17) is 5.26 Å². The van der Waals surface area contributed by atoms with Gasteiger partial charge in [-0.2, -0.15) is 5.26 Å².